The Bertz CT molecular complexity index is 1050. The molecule has 1 amide bonds. The molecule has 2 N–H and O–H groups in total. The van der Waals surface area contributed by atoms with Crippen molar-refractivity contribution in [1.82, 2.24) is 5.32 Å². The van der Waals surface area contributed by atoms with Crippen molar-refractivity contribution in [1.29, 1.82) is 0 Å². The number of quaternary nitrogens is 1. The van der Waals surface area contributed by atoms with Crippen molar-refractivity contribution < 1.29 is 32.9 Å². The highest BCUT2D eigenvalue weighted by Crippen LogP contribution is 2.38. The molecule has 0 aromatic heterocycles. The van der Waals surface area contributed by atoms with Crippen LogP contribution in [0, 0.1) is 0 Å². The predicted molar refractivity (Wildman–Crippen MR) is 275 cm³/mol. The Morgan fingerprint density at radius 3 is 1.28 bits per heavy atom. The molecule has 0 radical (unpaired) electrons. The Balaban J connectivity index is 3.92. The fourth-order valence-electron chi connectivity index (χ4n) is 8.57. The average Bonchev–Trinajstić information content (AvgIpc) is 3.25. The van der Waals surface area contributed by atoms with E-state index in [2.05, 4.69) is 31.3 Å². The van der Waals surface area contributed by atoms with E-state index in [9.17, 15) is 19.4 Å². The molecular formula is C55H111N2O6P. The lowest BCUT2D eigenvalue weighted by Crippen LogP contribution is -2.46. The lowest BCUT2D eigenvalue weighted by Gasteiger charge is -2.30. The number of amides is 1. The third-order valence-electron chi connectivity index (χ3n) is 13.0. The zero-order chi connectivity index (χ0) is 47.1. The summed E-state index contributed by atoms with van der Waals surface area (Å²) in [5.74, 6) is -0.173. The number of likely N-dealkylation sites (N-methyl/N-ethyl adjacent to an activating group) is 1. The van der Waals surface area contributed by atoms with Crippen LogP contribution in [0.1, 0.15) is 284 Å². The van der Waals surface area contributed by atoms with Gasteiger partial charge >= 0.3 is 0 Å². The van der Waals surface area contributed by atoms with E-state index in [-0.39, 0.29) is 19.1 Å². The van der Waals surface area contributed by atoms with Crippen LogP contribution in [0.4, 0.5) is 0 Å². The quantitative estimate of drug-likeness (QED) is 0.0272. The van der Waals surface area contributed by atoms with Crippen LogP contribution in [-0.2, 0) is 18.4 Å². The maximum Gasteiger partial charge on any atom is 0.268 e. The summed E-state index contributed by atoms with van der Waals surface area (Å²) in [5.41, 5.74) is 0. The van der Waals surface area contributed by atoms with Gasteiger partial charge in [-0.2, -0.15) is 0 Å². The molecule has 0 spiro atoms. The second-order valence-corrected chi connectivity index (χ2v) is 22.1. The highest BCUT2D eigenvalue weighted by molar-refractivity contribution is 7.45. The molecule has 9 heteroatoms. The molecule has 0 aromatic rings. The zero-order valence-corrected chi connectivity index (χ0v) is 44.4. The molecule has 0 bridgehead atoms. The molecule has 64 heavy (non-hydrogen) atoms. The van der Waals surface area contributed by atoms with Crippen molar-refractivity contribution in [3.63, 3.8) is 0 Å². The van der Waals surface area contributed by atoms with Crippen LogP contribution in [0.3, 0.4) is 0 Å². The Morgan fingerprint density at radius 1 is 0.531 bits per heavy atom. The third-order valence-corrected chi connectivity index (χ3v) is 13.9. The molecule has 382 valence electrons. The number of allylic oxidation sites excluding steroid dienone is 2. The number of phosphoric acid groups is 1. The van der Waals surface area contributed by atoms with Crippen LogP contribution in [0.2, 0.25) is 0 Å². The van der Waals surface area contributed by atoms with Crippen molar-refractivity contribution in [2.45, 2.75) is 296 Å². The van der Waals surface area contributed by atoms with Crippen molar-refractivity contribution >= 4 is 13.7 Å². The minimum atomic E-state index is -4.56. The van der Waals surface area contributed by atoms with Crippen LogP contribution >= 0.6 is 7.82 Å². The number of phosphoric ester groups is 1. The molecule has 0 saturated heterocycles. The highest BCUT2D eigenvalue weighted by atomic mass is 31.2. The van der Waals surface area contributed by atoms with Gasteiger partial charge in [-0.15, -0.1) is 0 Å². The second kappa shape index (κ2) is 47.3. The molecule has 0 aliphatic rings. The smallest absolute Gasteiger partial charge is 0.268 e. The molecule has 0 heterocycles. The van der Waals surface area contributed by atoms with E-state index in [1.165, 1.54) is 199 Å². The lowest BCUT2D eigenvalue weighted by molar-refractivity contribution is -0.870. The molecule has 0 fully saturated rings. The second-order valence-electron chi connectivity index (χ2n) is 20.6. The van der Waals surface area contributed by atoms with Crippen LogP contribution in [0.15, 0.2) is 12.2 Å². The topological polar surface area (TPSA) is 108 Å². The van der Waals surface area contributed by atoms with Gasteiger partial charge in [0.25, 0.3) is 7.82 Å². The van der Waals surface area contributed by atoms with Gasteiger partial charge in [0.1, 0.15) is 13.2 Å². The van der Waals surface area contributed by atoms with E-state index in [4.69, 9.17) is 9.05 Å². The number of nitrogens with one attached hydrogen (secondary N) is 1. The SMILES string of the molecule is CCC/C=C\CCCCCCCC(=O)NC(COP(=O)([O-])OCC[N+](C)(C)C)C(O)CCCCCCCCCCCCCCCCCCCCCCCCCCCCCCCCCC. The fraction of sp³-hybridized carbons (Fsp3) is 0.945. The van der Waals surface area contributed by atoms with E-state index in [0.717, 1.165) is 57.8 Å². The summed E-state index contributed by atoms with van der Waals surface area (Å²) in [5, 5.41) is 13.9. The number of carbonyl (C=O) groups excluding carboxylic acids is 1. The minimum absolute atomic E-state index is 0.0125. The molecule has 8 nitrogen and oxygen atoms in total. The van der Waals surface area contributed by atoms with E-state index in [1.807, 2.05) is 21.1 Å². The van der Waals surface area contributed by atoms with Crippen molar-refractivity contribution in [2.24, 2.45) is 0 Å². The van der Waals surface area contributed by atoms with Gasteiger partial charge in [0.15, 0.2) is 0 Å². The van der Waals surface area contributed by atoms with Gasteiger partial charge in [-0.25, -0.2) is 0 Å². The van der Waals surface area contributed by atoms with Crippen LogP contribution < -0.4 is 10.2 Å². The van der Waals surface area contributed by atoms with Crippen molar-refractivity contribution in [3.05, 3.63) is 12.2 Å². The molecule has 0 aliphatic carbocycles. The molecular weight excluding hydrogens is 816 g/mol. The van der Waals surface area contributed by atoms with E-state index < -0.39 is 20.0 Å². The summed E-state index contributed by atoms with van der Waals surface area (Å²) < 4.78 is 23.3. The number of aliphatic hydroxyl groups excluding tert-OH is 1. The Kier molecular flexibility index (Phi) is 46.8. The number of rotatable bonds is 52. The summed E-state index contributed by atoms with van der Waals surface area (Å²) >= 11 is 0. The number of carbonyl (C=O) groups is 1. The maximum absolute atomic E-state index is 12.9. The number of nitrogens with zero attached hydrogens (tertiary/aromatic N) is 1. The van der Waals surface area contributed by atoms with E-state index >= 15 is 0 Å². The monoisotopic (exact) mass is 927 g/mol. The maximum atomic E-state index is 12.9. The first-order chi connectivity index (χ1) is 31.0. The summed E-state index contributed by atoms with van der Waals surface area (Å²) in [7, 11) is 1.31. The highest BCUT2D eigenvalue weighted by Gasteiger charge is 2.24. The number of aliphatic hydroxyl groups is 1. The minimum Gasteiger partial charge on any atom is -0.756 e. The van der Waals surface area contributed by atoms with Crippen LogP contribution in [0.5, 0.6) is 0 Å². The summed E-state index contributed by atoms with van der Waals surface area (Å²) in [4.78, 5) is 25.3. The molecule has 0 aliphatic heterocycles. The Labute approximate surface area is 399 Å². The van der Waals surface area contributed by atoms with Gasteiger partial charge in [0.05, 0.1) is 39.9 Å². The van der Waals surface area contributed by atoms with Crippen molar-refractivity contribution in [3.8, 4) is 0 Å². The number of unbranched alkanes of at least 4 members (excludes halogenated alkanes) is 37. The first-order valence-corrected chi connectivity index (χ1v) is 29.5. The molecule has 0 rings (SSSR count). The first kappa shape index (κ1) is 63.2. The average molecular weight is 927 g/mol. The lowest BCUT2D eigenvalue weighted by atomic mass is 10.0. The summed E-state index contributed by atoms with van der Waals surface area (Å²) in [6.07, 6.45) is 57.0. The van der Waals surface area contributed by atoms with Gasteiger partial charge in [-0.3, -0.25) is 9.36 Å². The van der Waals surface area contributed by atoms with Gasteiger partial charge in [-0.1, -0.05) is 257 Å². The Morgan fingerprint density at radius 2 is 0.891 bits per heavy atom. The van der Waals surface area contributed by atoms with Gasteiger partial charge in [0, 0.05) is 6.42 Å². The first-order valence-electron chi connectivity index (χ1n) is 28.0. The third kappa shape index (κ3) is 49.2. The molecule has 0 aromatic carbocycles. The fourth-order valence-corrected chi connectivity index (χ4v) is 9.30. The van der Waals surface area contributed by atoms with Crippen molar-refractivity contribution in [2.75, 3.05) is 40.9 Å². The molecule has 3 unspecified atom stereocenters. The molecule has 3 atom stereocenters. The largest absolute Gasteiger partial charge is 0.756 e. The summed E-state index contributed by atoms with van der Waals surface area (Å²) in [6.45, 7) is 4.68. The van der Waals surface area contributed by atoms with Gasteiger partial charge in [0.2, 0.25) is 5.91 Å². The standard InChI is InChI=1S/C55H111N2O6P/c1-6-8-10-12-14-16-18-19-20-21-22-23-24-25-26-27-28-29-30-31-32-33-34-35-36-37-38-39-40-42-44-46-48-54(58)53(52-63-64(60,61)62-51-50-57(3,4)5)56-55(59)49-47-45-43-41-17-15-13-11-9-7-2/h11,13,53-54,58H,6-10,12,14-52H2,1-5H3,(H-,56,59,60,61)/b13-11-. The van der Waals surface area contributed by atoms with E-state index in [1.54, 1.807) is 0 Å². The number of hydrogen-bond donors (Lipinski definition) is 2. The van der Waals surface area contributed by atoms with Gasteiger partial charge in [-0.05, 0) is 32.1 Å². The normalized spacial score (nSPS) is 14.0. The van der Waals surface area contributed by atoms with E-state index in [0.29, 0.717) is 23.9 Å². The summed E-state index contributed by atoms with van der Waals surface area (Å²) in [6, 6.07) is -0.801. The zero-order valence-electron chi connectivity index (χ0n) is 43.5. The van der Waals surface area contributed by atoms with Crippen LogP contribution in [0.25, 0.3) is 0 Å². The molecule has 0 saturated carbocycles. The predicted octanol–water partition coefficient (Wildman–Crippen LogP) is 16.0. The number of hydrogen-bond acceptors (Lipinski definition) is 6. The van der Waals surface area contributed by atoms with Gasteiger partial charge < -0.3 is 28.8 Å². The van der Waals surface area contributed by atoms with Crippen LogP contribution in [-0.4, -0.2) is 68.5 Å². The Hall–Kier alpha value is -0.760.